The molecule has 3 rings (SSSR count). The first-order chi connectivity index (χ1) is 8.65. The Hall–Kier alpha value is -1.60. The van der Waals surface area contributed by atoms with Gasteiger partial charge >= 0.3 is 0 Å². The SMILES string of the molecule is Fc1cc(F)c2[nH]c(=S)n(Cc3cncs3)c2c1. The van der Waals surface area contributed by atoms with Crippen LogP contribution in [0, 0.1) is 16.4 Å². The summed E-state index contributed by atoms with van der Waals surface area (Å²) in [7, 11) is 0. The minimum Gasteiger partial charge on any atom is -0.328 e. The summed E-state index contributed by atoms with van der Waals surface area (Å²) in [6, 6.07) is 2.11. The van der Waals surface area contributed by atoms with Crippen molar-refractivity contribution >= 4 is 34.6 Å². The van der Waals surface area contributed by atoms with Gasteiger partial charge in [0.1, 0.15) is 11.3 Å². The molecule has 0 bridgehead atoms. The maximum atomic E-state index is 13.6. The summed E-state index contributed by atoms with van der Waals surface area (Å²) in [6.07, 6.45) is 1.71. The number of hydrogen-bond acceptors (Lipinski definition) is 3. The molecular formula is C11H7F2N3S2. The maximum Gasteiger partial charge on any atom is 0.178 e. The van der Waals surface area contributed by atoms with E-state index in [0.717, 1.165) is 10.9 Å². The van der Waals surface area contributed by atoms with Crippen molar-refractivity contribution in [2.24, 2.45) is 0 Å². The molecule has 0 aliphatic carbocycles. The molecule has 1 aromatic carbocycles. The van der Waals surface area contributed by atoms with Crippen LogP contribution in [-0.4, -0.2) is 14.5 Å². The smallest absolute Gasteiger partial charge is 0.178 e. The Morgan fingerprint density at radius 1 is 1.39 bits per heavy atom. The summed E-state index contributed by atoms with van der Waals surface area (Å²) in [4.78, 5) is 7.68. The molecule has 2 aromatic heterocycles. The van der Waals surface area contributed by atoms with E-state index in [1.54, 1.807) is 16.3 Å². The molecule has 2 heterocycles. The Bertz CT molecular complexity index is 759. The highest BCUT2D eigenvalue weighted by molar-refractivity contribution is 7.71. The van der Waals surface area contributed by atoms with Crippen molar-refractivity contribution in [1.82, 2.24) is 14.5 Å². The summed E-state index contributed by atoms with van der Waals surface area (Å²) in [5.74, 6) is -1.26. The van der Waals surface area contributed by atoms with Gasteiger partial charge in [-0.15, -0.1) is 11.3 Å². The number of rotatable bonds is 2. The fourth-order valence-corrected chi connectivity index (χ4v) is 2.66. The third kappa shape index (κ3) is 1.85. The van der Waals surface area contributed by atoms with Gasteiger partial charge in [-0.2, -0.15) is 0 Å². The number of hydrogen-bond donors (Lipinski definition) is 1. The van der Waals surface area contributed by atoms with E-state index in [-0.39, 0.29) is 5.52 Å². The standard InChI is InChI=1S/C11H7F2N3S2/c12-6-1-8(13)10-9(2-6)16(11(17)15-10)4-7-3-14-5-18-7/h1-3,5H,4H2,(H,15,17). The van der Waals surface area contributed by atoms with Gasteiger partial charge in [-0.3, -0.25) is 4.98 Å². The van der Waals surface area contributed by atoms with Crippen LogP contribution in [0.5, 0.6) is 0 Å². The molecule has 0 aliphatic heterocycles. The van der Waals surface area contributed by atoms with E-state index in [2.05, 4.69) is 9.97 Å². The highest BCUT2D eigenvalue weighted by Gasteiger charge is 2.11. The van der Waals surface area contributed by atoms with Gasteiger partial charge in [-0.1, -0.05) is 0 Å². The first kappa shape index (κ1) is 11.5. The van der Waals surface area contributed by atoms with Crippen LogP contribution in [0.25, 0.3) is 11.0 Å². The van der Waals surface area contributed by atoms with Crippen LogP contribution in [0.15, 0.2) is 23.8 Å². The summed E-state index contributed by atoms with van der Waals surface area (Å²) in [5, 5.41) is 0. The summed E-state index contributed by atoms with van der Waals surface area (Å²) in [5.41, 5.74) is 2.35. The second-order valence-corrected chi connectivity index (χ2v) is 5.12. The Morgan fingerprint density at radius 3 is 2.94 bits per heavy atom. The van der Waals surface area contributed by atoms with Gasteiger partial charge in [0.05, 0.1) is 17.6 Å². The Labute approximate surface area is 110 Å². The molecule has 0 radical (unpaired) electrons. The molecule has 3 nitrogen and oxygen atoms in total. The molecule has 0 amide bonds. The second-order valence-electron chi connectivity index (χ2n) is 3.77. The normalized spacial score (nSPS) is 11.2. The van der Waals surface area contributed by atoms with Crippen molar-refractivity contribution in [3.63, 3.8) is 0 Å². The number of aromatic amines is 1. The average molecular weight is 283 g/mol. The number of nitrogens with one attached hydrogen (secondary N) is 1. The van der Waals surface area contributed by atoms with Crippen molar-refractivity contribution in [3.05, 3.63) is 45.1 Å². The third-order valence-corrected chi connectivity index (χ3v) is 3.69. The van der Waals surface area contributed by atoms with Gasteiger partial charge in [0, 0.05) is 17.1 Å². The van der Waals surface area contributed by atoms with E-state index in [1.165, 1.54) is 17.4 Å². The van der Waals surface area contributed by atoms with Crippen LogP contribution in [0.3, 0.4) is 0 Å². The average Bonchev–Trinajstić information content (AvgIpc) is 2.91. The van der Waals surface area contributed by atoms with Crippen LogP contribution in [0.2, 0.25) is 0 Å². The predicted octanol–water partition coefficient (Wildman–Crippen LogP) is 3.48. The van der Waals surface area contributed by atoms with Crippen LogP contribution in [0.1, 0.15) is 4.88 Å². The van der Waals surface area contributed by atoms with Gasteiger partial charge in [-0.05, 0) is 18.3 Å². The first-order valence-corrected chi connectivity index (χ1v) is 6.39. The van der Waals surface area contributed by atoms with E-state index in [0.29, 0.717) is 16.8 Å². The molecule has 18 heavy (non-hydrogen) atoms. The van der Waals surface area contributed by atoms with E-state index < -0.39 is 11.6 Å². The van der Waals surface area contributed by atoms with E-state index in [4.69, 9.17) is 12.2 Å². The highest BCUT2D eigenvalue weighted by Crippen LogP contribution is 2.21. The largest absolute Gasteiger partial charge is 0.328 e. The molecule has 1 N–H and O–H groups in total. The van der Waals surface area contributed by atoms with Gasteiger partial charge in [0.15, 0.2) is 10.6 Å². The Kier molecular flexibility index (Phi) is 2.71. The molecule has 0 saturated heterocycles. The summed E-state index contributed by atoms with van der Waals surface area (Å²) >= 11 is 6.60. The number of thiazole rings is 1. The molecule has 7 heteroatoms. The number of halogens is 2. The lowest BCUT2D eigenvalue weighted by atomic mass is 10.3. The van der Waals surface area contributed by atoms with Crippen LogP contribution in [-0.2, 0) is 6.54 Å². The van der Waals surface area contributed by atoms with Crippen molar-refractivity contribution in [3.8, 4) is 0 Å². The Balaban J connectivity index is 2.22. The topological polar surface area (TPSA) is 33.6 Å². The minimum atomic E-state index is -0.640. The number of imidazole rings is 1. The molecule has 0 fully saturated rings. The van der Waals surface area contributed by atoms with Crippen molar-refractivity contribution in [2.45, 2.75) is 6.54 Å². The first-order valence-electron chi connectivity index (χ1n) is 5.10. The monoisotopic (exact) mass is 283 g/mol. The molecular weight excluding hydrogens is 276 g/mol. The molecule has 0 saturated carbocycles. The van der Waals surface area contributed by atoms with E-state index in [9.17, 15) is 8.78 Å². The summed E-state index contributed by atoms with van der Waals surface area (Å²) < 4.78 is 28.9. The van der Waals surface area contributed by atoms with Gasteiger partial charge in [-0.25, -0.2) is 8.78 Å². The zero-order valence-electron chi connectivity index (χ0n) is 8.98. The quantitative estimate of drug-likeness (QED) is 0.730. The fourth-order valence-electron chi connectivity index (χ4n) is 1.81. The molecule has 3 aromatic rings. The molecule has 0 aliphatic rings. The van der Waals surface area contributed by atoms with Crippen molar-refractivity contribution in [2.75, 3.05) is 0 Å². The van der Waals surface area contributed by atoms with Gasteiger partial charge < -0.3 is 9.55 Å². The minimum absolute atomic E-state index is 0.228. The van der Waals surface area contributed by atoms with E-state index >= 15 is 0 Å². The van der Waals surface area contributed by atoms with Crippen LogP contribution in [0.4, 0.5) is 8.78 Å². The lowest BCUT2D eigenvalue weighted by molar-refractivity contribution is 0.590. The van der Waals surface area contributed by atoms with Crippen molar-refractivity contribution < 1.29 is 8.78 Å². The number of aromatic nitrogens is 3. The second kappa shape index (κ2) is 4.25. The zero-order chi connectivity index (χ0) is 12.7. The lowest BCUT2D eigenvalue weighted by Gasteiger charge is -2.02. The molecule has 0 atom stereocenters. The maximum absolute atomic E-state index is 13.6. The number of benzene rings is 1. The lowest BCUT2D eigenvalue weighted by Crippen LogP contribution is -1.98. The Morgan fingerprint density at radius 2 is 2.22 bits per heavy atom. The summed E-state index contributed by atoms with van der Waals surface area (Å²) in [6.45, 7) is 0.451. The number of H-pyrrole nitrogens is 1. The van der Waals surface area contributed by atoms with Crippen molar-refractivity contribution in [1.29, 1.82) is 0 Å². The van der Waals surface area contributed by atoms with Crippen LogP contribution < -0.4 is 0 Å². The molecule has 92 valence electrons. The number of fused-ring (bicyclic) bond motifs is 1. The van der Waals surface area contributed by atoms with E-state index in [1.807, 2.05) is 0 Å². The molecule has 0 spiro atoms. The number of nitrogens with zero attached hydrogens (tertiary/aromatic N) is 2. The van der Waals surface area contributed by atoms with Gasteiger partial charge in [0.2, 0.25) is 0 Å². The zero-order valence-corrected chi connectivity index (χ0v) is 10.6. The van der Waals surface area contributed by atoms with Gasteiger partial charge in [0.25, 0.3) is 0 Å². The third-order valence-electron chi connectivity index (χ3n) is 2.60. The highest BCUT2D eigenvalue weighted by atomic mass is 32.1. The molecule has 0 unspecified atom stereocenters. The van der Waals surface area contributed by atoms with Crippen LogP contribution >= 0.6 is 23.6 Å². The fraction of sp³-hybridized carbons (Fsp3) is 0.0909. The predicted molar refractivity (Wildman–Crippen MR) is 68.3 cm³/mol.